The molecule has 2 rings (SSSR count). The minimum absolute atomic E-state index is 0.0464. The Labute approximate surface area is 135 Å². The molecule has 108 valence electrons. The van der Waals surface area contributed by atoms with E-state index in [0.29, 0.717) is 10.6 Å². The number of halogens is 1. The molecule has 0 fully saturated rings. The normalized spacial score (nSPS) is 11.7. The molecule has 1 aromatic heterocycles. The van der Waals surface area contributed by atoms with Crippen LogP contribution < -0.4 is 10.6 Å². The van der Waals surface area contributed by atoms with Gasteiger partial charge in [-0.2, -0.15) is 5.26 Å². The monoisotopic (exact) mass is 363 g/mol. The zero-order chi connectivity index (χ0) is 15.2. The highest BCUT2D eigenvalue weighted by Crippen LogP contribution is 2.23. The van der Waals surface area contributed by atoms with Crippen LogP contribution in [0.1, 0.15) is 24.1 Å². The number of nitrogens with one attached hydrogen (secondary N) is 2. The van der Waals surface area contributed by atoms with E-state index in [1.54, 1.807) is 11.4 Å². The second-order valence-corrected chi connectivity index (χ2v) is 6.22. The molecular formula is C15H14BrN3OS. The van der Waals surface area contributed by atoms with Crippen LogP contribution in [0.15, 0.2) is 40.2 Å². The zero-order valence-electron chi connectivity index (χ0n) is 11.4. The molecule has 0 aliphatic rings. The molecule has 0 saturated heterocycles. The first-order valence-electron chi connectivity index (χ1n) is 6.37. The molecule has 2 aromatic rings. The van der Waals surface area contributed by atoms with Crippen LogP contribution in [0.2, 0.25) is 0 Å². The topological polar surface area (TPSA) is 64.9 Å². The van der Waals surface area contributed by atoms with Gasteiger partial charge < -0.3 is 10.6 Å². The zero-order valence-corrected chi connectivity index (χ0v) is 13.8. The van der Waals surface area contributed by atoms with Crippen molar-refractivity contribution in [1.82, 2.24) is 5.32 Å². The molecule has 1 heterocycles. The molecule has 6 heteroatoms. The van der Waals surface area contributed by atoms with E-state index in [0.717, 1.165) is 10.0 Å². The van der Waals surface area contributed by atoms with Gasteiger partial charge in [0, 0.05) is 10.5 Å². The molecule has 1 aromatic carbocycles. The summed E-state index contributed by atoms with van der Waals surface area (Å²) in [5.74, 6) is -0.159. The van der Waals surface area contributed by atoms with E-state index in [1.807, 2.05) is 37.3 Å². The lowest BCUT2D eigenvalue weighted by molar-refractivity contribution is -0.115. The quantitative estimate of drug-likeness (QED) is 0.851. The third-order valence-corrected chi connectivity index (χ3v) is 4.53. The summed E-state index contributed by atoms with van der Waals surface area (Å²) < 4.78 is 1.01. The first-order valence-corrected chi connectivity index (χ1v) is 8.04. The summed E-state index contributed by atoms with van der Waals surface area (Å²) in [4.78, 5) is 11.9. The first kappa shape index (κ1) is 15.7. The van der Waals surface area contributed by atoms with Gasteiger partial charge in [-0.05, 0) is 30.0 Å². The smallest absolute Gasteiger partial charge is 0.238 e. The Morgan fingerprint density at radius 1 is 1.43 bits per heavy atom. The van der Waals surface area contributed by atoms with Gasteiger partial charge in [0.05, 0.1) is 12.1 Å². The highest BCUT2D eigenvalue weighted by Gasteiger charge is 2.12. The second-order valence-electron chi connectivity index (χ2n) is 4.45. The fourth-order valence-electron chi connectivity index (χ4n) is 1.85. The molecule has 0 bridgehead atoms. The molecule has 21 heavy (non-hydrogen) atoms. The van der Waals surface area contributed by atoms with E-state index in [2.05, 4.69) is 26.6 Å². The van der Waals surface area contributed by atoms with Crippen molar-refractivity contribution in [3.63, 3.8) is 0 Å². The number of carbonyl (C=O) groups excluding carboxylic acids is 1. The lowest BCUT2D eigenvalue weighted by Gasteiger charge is -2.15. The Morgan fingerprint density at radius 2 is 2.19 bits per heavy atom. The summed E-state index contributed by atoms with van der Waals surface area (Å²) in [7, 11) is 0. The molecule has 0 saturated carbocycles. The van der Waals surface area contributed by atoms with Crippen LogP contribution in [0, 0.1) is 11.3 Å². The number of nitriles is 1. The van der Waals surface area contributed by atoms with Crippen molar-refractivity contribution in [2.45, 2.75) is 13.0 Å². The number of rotatable bonds is 5. The Kier molecular flexibility index (Phi) is 5.51. The molecule has 1 amide bonds. The van der Waals surface area contributed by atoms with Crippen LogP contribution in [-0.2, 0) is 4.79 Å². The van der Waals surface area contributed by atoms with Crippen LogP contribution in [0.25, 0.3) is 0 Å². The van der Waals surface area contributed by atoms with Crippen molar-refractivity contribution >= 4 is 38.2 Å². The van der Waals surface area contributed by atoms with Gasteiger partial charge in [-0.15, -0.1) is 11.3 Å². The fraction of sp³-hybridized carbons (Fsp3) is 0.200. The van der Waals surface area contributed by atoms with Crippen LogP contribution in [0.3, 0.4) is 0 Å². The Hall–Kier alpha value is -1.68. The SMILES string of the molecule is C[C@@H](NCC(=O)Nc1sccc1C#N)c1ccccc1Br. The van der Waals surface area contributed by atoms with E-state index in [-0.39, 0.29) is 18.5 Å². The molecule has 2 N–H and O–H groups in total. The van der Waals surface area contributed by atoms with Crippen molar-refractivity contribution in [3.8, 4) is 6.07 Å². The van der Waals surface area contributed by atoms with Gasteiger partial charge in [0.15, 0.2) is 0 Å². The van der Waals surface area contributed by atoms with Crippen LogP contribution in [0.4, 0.5) is 5.00 Å². The van der Waals surface area contributed by atoms with Crippen molar-refractivity contribution in [3.05, 3.63) is 51.3 Å². The van der Waals surface area contributed by atoms with Gasteiger partial charge in [0.2, 0.25) is 5.91 Å². The lowest BCUT2D eigenvalue weighted by Crippen LogP contribution is -2.30. The van der Waals surface area contributed by atoms with E-state index in [4.69, 9.17) is 5.26 Å². The maximum atomic E-state index is 11.9. The summed E-state index contributed by atoms with van der Waals surface area (Å²) >= 11 is 4.84. The van der Waals surface area contributed by atoms with Crippen molar-refractivity contribution in [1.29, 1.82) is 5.26 Å². The van der Waals surface area contributed by atoms with Gasteiger partial charge in [0.1, 0.15) is 11.1 Å². The number of nitrogens with zero attached hydrogens (tertiary/aromatic N) is 1. The number of thiophene rings is 1. The maximum absolute atomic E-state index is 11.9. The van der Waals surface area contributed by atoms with Gasteiger partial charge in [-0.1, -0.05) is 34.1 Å². The second kappa shape index (κ2) is 7.36. The number of hydrogen-bond donors (Lipinski definition) is 2. The average molecular weight is 364 g/mol. The highest BCUT2D eigenvalue weighted by molar-refractivity contribution is 9.10. The fourth-order valence-corrected chi connectivity index (χ4v) is 3.23. The molecule has 0 spiro atoms. The number of hydrogen-bond acceptors (Lipinski definition) is 4. The third-order valence-electron chi connectivity index (χ3n) is 2.98. The van der Waals surface area contributed by atoms with E-state index in [9.17, 15) is 4.79 Å². The third kappa shape index (κ3) is 4.14. The van der Waals surface area contributed by atoms with Crippen molar-refractivity contribution in [2.75, 3.05) is 11.9 Å². The van der Waals surface area contributed by atoms with Crippen LogP contribution >= 0.6 is 27.3 Å². The van der Waals surface area contributed by atoms with Gasteiger partial charge in [-0.25, -0.2) is 0 Å². The molecular weight excluding hydrogens is 350 g/mol. The summed E-state index contributed by atoms with van der Waals surface area (Å²) in [5, 5.41) is 17.2. The van der Waals surface area contributed by atoms with Crippen molar-refractivity contribution < 1.29 is 4.79 Å². The van der Waals surface area contributed by atoms with E-state index in [1.165, 1.54) is 11.3 Å². The number of anilines is 1. The summed E-state index contributed by atoms with van der Waals surface area (Å²) in [6.45, 7) is 2.19. The Balaban J connectivity index is 1.90. The largest absolute Gasteiger partial charge is 0.315 e. The lowest BCUT2D eigenvalue weighted by atomic mass is 10.1. The molecule has 0 aliphatic carbocycles. The summed E-state index contributed by atoms with van der Waals surface area (Å²) in [6, 6.07) is 11.7. The van der Waals surface area contributed by atoms with E-state index >= 15 is 0 Å². The molecule has 4 nitrogen and oxygen atoms in total. The number of amides is 1. The maximum Gasteiger partial charge on any atom is 0.238 e. The minimum Gasteiger partial charge on any atom is -0.315 e. The highest BCUT2D eigenvalue weighted by atomic mass is 79.9. The van der Waals surface area contributed by atoms with Crippen LogP contribution in [-0.4, -0.2) is 12.5 Å². The van der Waals surface area contributed by atoms with E-state index < -0.39 is 0 Å². The Morgan fingerprint density at radius 3 is 2.90 bits per heavy atom. The molecule has 0 unspecified atom stereocenters. The average Bonchev–Trinajstić information content (AvgIpc) is 2.92. The molecule has 0 radical (unpaired) electrons. The van der Waals surface area contributed by atoms with Gasteiger partial charge >= 0.3 is 0 Å². The summed E-state index contributed by atoms with van der Waals surface area (Å²) in [6.07, 6.45) is 0. The number of carbonyl (C=O) groups is 1. The predicted molar refractivity (Wildman–Crippen MR) is 88.2 cm³/mol. The standard InChI is InChI=1S/C15H14BrN3OS/c1-10(12-4-2-3-5-13(12)16)18-9-14(20)19-15-11(8-17)6-7-21-15/h2-7,10,18H,9H2,1H3,(H,19,20)/t10-/m1/s1. The molecule has 0 aliphatic heterocycles. The van der Waals surface area contributed by atoms with Gasteiger partial charge in [0.25, 0.3) is 0 Å². The van der Waals surface area contributed by atoms with Gasteiger partial charge in [-0.3, -0.25) is 4.79 Å². The summed E-state index contributed by atoms with van der Waals surface area (Å²) in [5.41, 5.74) is 1.59. The van der Waals surface area contributed by atoms with Crippen molar-refractivity contribution in [2.24, 2.45) is 0 Å². The number of benzene rings is 1. The first-order chi connectivity index (χ1) is 10.1. The van der Waals surface area contributed by atoms with Crippen LogP contribution in [0.5, 0.6) is 0 Å². The minimum atomic E-state index is -0.159. The predicted octanol–water partition coefficient (Wildman–Crippen LogP) is 3.67. The Bertz CT molecular complexity index is 678. The molecule has 1 atom stereocenters.